The second-order valence-electron chi connectivity index (χ2n) is 17.1. The van der Waals surface area contributed by atoms with Gasteiger partial charge in [-0.2, -0.15) is 0 Å². The van der Waals surface area contributed by atoms with Gasteiger partial charge in [0, 0.05) is 60.4 Å². The Hall–Kier alpha value is -7.86. The molecule has 0 saturated carbocycles. The molecule has 11 aromatic rings. The molecule has 1 aliphatic heterocycles. The van der Waals surface area contributed by atoms with Crippen molar-refractivity contribution in [1.82, 2.24) is 4.57 Å². The summed E-state index contributed by atoms with van der Waals surface area (Å²) in [4.78, 5) is 2.37. The number of thiophene rings is 1. The molecule has 1 N–H and O–H groups in total. The highest BCUT2D eigenvalue weighted by Crippen LogP contribution is 2.44. The van der Waals surface area contributed by atoms with Gasteiger partial charge in [-0.1, -0.05) is 145 Å². The lowest BCUT2D eigenvalue weighted by Crippen LogP contribution is -2.35. The fourth-order valence-electron chi connectivity index (χ4n) is 9.98. The third kappa shape index (κ3) is 6.84. The van der Waals surface area contributed by atoms with E-state index in [0.717, 1.165) is 35.7 Å². The van der Waals surface area contributed by atoms with Gasteiger partial charge in [-0.3, -0.25) is 0 Å². The lowest BCUT2D eigenvalue weighted by Gasteiger charge is -2.28. The number of hydrogen-bond donors (Lipinski definition) is 1. The van der Waals surface area contributed by atoms with Gasteiger partial charge < -0.3 is 14.8 Å². The fourth-order valence-corrected chi connectivity index (χ4v) is 11.2. The second kappa shape index (κ2) is 16.0. The van der Waals surface area contributed by atoms with Crippen molar-refractivity contribution in [1.29, 1.82) is 0 Å². The summed E-state index contributed by atoms with van der Waals surface area (Å²) >= 11 is 1.93. The van der Waals surface area contributed by atoms with Gasteiger partial charge in [0.05, 0.1) is 11.2 Å². The van der Waals surface area contributed by atoms with Crippen molar-refractivity contribution in [3.63, 3.8) is 0 Å². The molecular weight excluding hydrogens is 806 g/mol. The van der Waals surface area contributed by atoms with Gasteiger partial charge in [-0.05, 0) is 136 Å². The molecule has 0 radical (unpaired) electrons. The standard InChI is InChI=1S/C60H44BN3S/c1-39-27-30-44(31-28-39)62-53-33-32-47(63(45-21-11-5-12-22-45)46-23-13-6-14-24-46)38-50(53)51-35-40(2)56-48-25-15-16-26-54(48)64-58-52-37-41(29-34-55(52)65-60(58)61-57(51)59(56)64)36-49(42-17-7-3-8-18-42)43-19-9-4-10-20-43/h3-38,61-62H,1-2H3. The summed E-state index contributed by atoms with van der Waals surface area (Å²) in [5.74, 6) is 0. The van der Waals surface area contributed by atoms with Gasteiger partial charge >= 0.3 is 0 Å². The average molecular weight is 850 g/mol. The van der Waals surface area contributed by atoms with Crippen LogP contribution in [0.4, 0.5) is 28.4 Å². The Morgan fingerprint density at radius 2 is 1.20 bits per heavy atom. The molecule has 65 heavy (non-hydrogen) atoms. The topological polar surface area (TPSA) is 20.2 Å². The highest BCUT2D eigenvalue weighted by molar-refractivity contribution is 7.29. The molecule has 3 heterocycles. The van der Waals surface area contributed by atoms with E-state index in [1.807, 2.05) is 11.3 Å². The first-order chi connectivity index (χ1) is 32.1. The first kappa shape index (κ1) is 38.8. The van der Waals surface area contributed by atoms with Gasteiger partial charge in [0.15, 0.2) is 0 Å². The number of para-hydroxylation sites is 3. The summed E-state index contributed by atoms with van der Waals surface area (Å²) < 4.78 is 5.29. The largest absolute Gasteiger partial charge is 0.355 e. The molecule has 1 aliphatic rings. The van der Waals surface area contributed by atoms with Crippen LogP contribution in [0.25, 0.3) is 60.4 Å². The maximum absolute atomic E-state index is 3.88. The molecule has 0 amide bonds. The summed E-state index contributed by atoms with van der Waals surface area (Å²) in [5.41, 5.74) is 20.4. The maximum Gasteiger partial charge on any atom is 0.211 e. The van der Waals surface area contributed by atoms with Crippen molar-refractivity contribution in [2.24, 2.45) is 0 Å². The summed E-state index contributed by atoms with van der Waals surface area (Å²) in [6, 6.07) is 77.1. The van der Waals surface area contributed by atoms with Crippen LogP contribution in [0.3, 0.4) is 0 Å². The number of hydrogen-bond acceptors (Lipinski definition) is 3. The Bertz CT molecular complexity index is 3510. The number of fused-ring (bicyclic) bond motifs is 7. The van der Waals surface area contributed by atoms with E-state index in [0.29, 0.717) is 0 Å². The summed E-state index contributed by atoms with van der Waals surface area (Å²) in [6.07, 6.45) is 2.36. The summed E-state index contributed by atoms with van der Waals surface area (Å²) in [6.45, 7) is 4.44. The van der Waals surface area contributed by atoms with Crippen molar-refractivity contribution in [3.05, 3.63) is 240 Å². The van der Waals surface area contributed by atoms with Crippen LogP contribution in [0.1, 0.15) is 27.8 Å². The predicted octanol–water partition coefficient (Wildman–Crippen LogP) is 14.8. The van der Waals surface area contributed by atoms with Crippen LogP contribution in [0.15, 0.2) is 212 Å². The number of aromatic nitrogens is 1. The lowest BCUT2D eigenvalue weighted by atomic mass is 9.62. The molecule has 0 fully saturated rings. The van der Waals surface area contributed by atoms with Crippen molar-refractivity contribution in [3.8, 4) is 16.8 Å². The molecule has 3 nitrogen and oxygen atoms in total. The average Bonchev–Trinajstić information content (AvgIpc) is 3.90. The molecule has 5 heteroatoms. The molecule has 0 spiro atoms. The van der Waals surface area contributed by atoms with E-state index in [2.05, 4.69) is 247 Å². The Morgan fingerprint density at radius 1 is 0.569 bits per heavy atom. The second-order valence-corrected chi connectivity index (χ2v) is 18.3. The highest BCUT2D eigenvalue weighted by Gasteiger charge is 2.31. The first-order valence-electron chi connectivity index (χ1n) is 22.4. The molecule has 0 atom stereocenters. The number of anilines is 5. The van der Waals surface area contributed by atoms with Gasteiger partial charge in [0.1, 0.15) is 0 Å². The van der Waals surface area contributed by atoms with Crippen LogP contribution in [-0.4, -0.2) is 11.8 Å². The Morgan fingerprint density at radius 3 is 1.88 bits per heavy atom. The van der Waals surface area contributed by atoms with E-state index in [1.165, 1.54) is 92.3 Å². The third-order valence-corrected chi connectivity index (χ3v) is 14.1. The fraction of sp³-hybridized carbons (Fsp3) is 0.0333. The minimum atomic E-state index is 0.830. The Balaban J connectivity index is 1.09. The SMILES string of the molecule is Cc1ccc(Nc2ccc(N(c3ccccc3)c3ccccc3)cc2-c2cc(C)c3c4ccccc4n4c3c2Bc2sc3ccc(C=C(c5ccccc5)c5ccccc5)cc3c2-4)cc1. The Labute approximate surface area is 384 Å². The molecule has 2 aromatic heterocycles. The number of nitrogens with one attached hydrogen (secondary N) is 1. The molecule has 0 bridgehead atoms. The predicted molar refractivity (Wildman–Crippen MR) is 282 cm³/mol. The zero-order valence-corrected chi connectivity index (χ0v) is 37.1. The van der Waals surface area contributed by atoms with Crippen molar-refractivity contribution in [2.75, 3.05) is 10.2 Å². The molecule has 0 saturated heterocycles. The van der Waals surface area contributed by atoms with Gasteiger partial charge in [0.2, 0.25) is 7.28 Å². The van der Waals surface area contributed by atoms with Crippen LogP contribution < -0.4 is 20.5 Å². The van der Waals surface area contributed by atoms with E-state index in [4.69, 9.17) is 0 Å². The van der Waals surface area contributed by atoms with E-state index in [-0.39, 0.29) is 0 Å². The summed E-state index contributed by atoms with van der Waals surface area (Å²) in [5, 5.41) is 7.79. The quantitative estimate of drug-likeness (QED) is 0.115. The van der Waals surface area contributed by atoms with E-state index in [9.17, 15) is 0 Å². The number of rotatable bonds is 9. The van der Waals surface area contributed by atoms with Crippen LogP contribution in [0.2, 0.25) is 0 Å². The normalized spacial score (nSPS) is 11.7. The Kier molecular flexibility index (Phi) is 9.58. The highest BCUT2D eigenvalue weighted by atomic mass is 32.1. The number of benzene rings is 9. The van der Waals surface area contributed by atoms with E-state index < -0.39 is 0 Å². The van der Waals surface area contributed by atoms with Crippen LogP contribution in [0, 0.1) is 13.8 Å². The van der Waals surface area contributed by atoms with Crippen LogP contribution >= 0.6 is 11.3 Å². The maximum atomic E-state index is 3.88. The van der Waals surface area contributed by atoms with Crippen molar-refractivity contribution < 1.29 is 0 Å². The molecule has 308 valence electrons. The molecular formula is C60H44BN3S. The molecule has 0 aliphatic carbocycles. The monoisotopic (exact) mass is 849 g/mol. The van der Waals surface area contributed by atoms with Gasteiger partial charge in [0.25, 0.3) is 0 Å². The van der Waals surface area contributed by atoms with Gasteiger partial charge in [-0.25, -0.2) is 0 Å². The minimum absolute atomic E-state index is 0.830. The minimum Gasteiger partial charge on any atom is -0.355 e. The first-order valence-corrected chi connectivity index (χ1v) is 23.2. The van der Waals surface area contributed by atoms with Crippen molar-refractivity contribution >= 4 is 101 Å². The molecule has 12 rings (SSSR count). The number of nitrogens with zero attached hydrogens (tertiary/aromatic N) is 2. The van der Waals surface area contributed by atoms with E-state index in [1.54, 1.807) is 0 Å². The van der Waals surface area contributed by atoms with Crippen LogP contribution in [0.5, 0.6) is 0 Å². The van der Waals surface area contributed by atoms with Crippen LogP contribution in [-0.2, 0) is 0 Å². The van der Waals surface area contributed by atoms with Gasteiger partial charge in [-0.15, -0.1) is 11.3 Å². The third-order valence-electron chi connectivity index (χ3n) is 12.9. The van der Waals surface area contributed by atoms with E-state index >= 15 is 0 Å². The smallest absolute Gasteiger partial charge is 0.211 e. The lowest BCUT2D eigenvalue weighted by molar-refractivity contribution is 1.21. The molecule has 9 aromatic carbocycles. The van der Waals surface area contributed by atoms with Crippen molar-refractivity contribution in [2.45, 2.75) is 13.8 Å². The summed E-state index contributed by atoms with van der Waals surface area (Å²) in [7, 11) is 0.830. The molecule has 0 unspecified atom stereocenters. The zero-order chi connectivity index (χ0) is 43.4. The number of aryl methyl sites for hydroxylation is 2. The zero-order valence-electron chi connectivity index (χ0n) is 36.3.